The molecule has 116 valence electrons. The first-order valence-electron chi connectivity index (χ1n) is 7.88. The molecular weight excluding hydrogens is 264 g/mol. The van der Waals surface area contributed by atoms with Gasteiger partial charge in [-0.05, 0) is 57.8 Å². The molecule has 1 fully saturated rings. The molecule has 0 spiro atoms. The number of hydrogen-bond donors (Lipinski definition) is 1. The summed E-state index contributed by atoms with van der Waals surface area (Å²) in [6, 6.07) is 7.48. The number of carbonyl (C=O) groups excluding carboxylic acids is 1. The Bertz CT molecular complexity index is 468. The van der Waals surface area contributed by atoms with Crippen molar-refractivity contribution in [3.05, 3.63) is 24.3 Å². The maximum Gasteiger partial charge on any atom is 0.241 e. The van der Waals surface area contributed by atoms with Gasteiger partial charge in [0, 0.05) is 0 Å². The minimum atomic E-state index is -0.104. The molecule has 21 heavy (non-hydrogen) atoms. The highest BCUT2D eigenvalue weighted by atomic mass is 16.5. The molecule has 4 heteroatoms. The Morgan fingerprint density at radius 1 is 1.38 bits per heavy atom. The maximum absolute atomic E-state index is 12.4. The highest BCUT2D eigenvalue weighted by molar-refractivity contribution is 5.95. The fraction of sp³-hybridized carbons (Fsp3) is 0.588. The number of nitrogens with zero attached hydrogens (tertiary/aromatic N) is 1. The van der Waals surface area contributed by atoms with Gasteiger partial charge in [-0.3, -0.25) is 9.69 Å². The number of nitrogens with one attached hydrogen (secondary N) is 1. The first kappa shape index (κ1) is 15.8. The summed E-state index contributed by atoms with van der Waals surface area (Å²) in [5, 5.41) is 3.00. The van der Waals surface area contributed by atoms with Gasteiger partial charge < -0.3 is 10.1 Å². The summed E-state index contributed by atoms with van der Waals surface area (Å²) < 4.78 is 5.55. The van der Waals surface area contributed by atoms with Crippen molar-refractivity contribution in [1.82, 2.24) is 4.90 Å². The van der Waals surface area contributed by atoms with Crippen LogP contribution in [0.15, 0.2) is 24.3 Å². The standard InChI is InChI=1S/C17H26N2O2/c1-4-21-16-8-6-5-7-15(16)18-17(20)14(3)19-11-9-13(2)10-12-19/h5-8,13-14H,4,9-12H2,1-3H3,(H,18,20). The molecule has 1 heterocycles. The molecule has 0 saturated carbocycles. The lowest BCUT2D eigenvalue weighted by atomic mass is 9.98. The molecular formula is C17H26N2O2. The topological polar surface area (TPSA) is 41.6 Å². The first-order chi connectivity index (χ1) is 10.1. The number of rotatable bonds is 5. The zero-order valence-electron chi connectivity index (χ0n) is 13.3. The molecule has 1 N–H and O–H groups in total. The van der Waals surface area contributed by atoms with Gasteiger partial charge in [-0.2, -0.15) is 0 Å². The Morgan fingerprint density at radius 3 is 2.71 bits per heavy atom. The number of para-hydroxylation sites is 2. The quantitative estimate of drug-likeness (QED) is 0.906. The molecule has 1 saturated heterocycles. The van der Waals surface area contributed by atoms with E-state index in [1.165, 1.54) is 12.8 Å². The van der Waals surface area contributed by atoms with Gasteiger partial charge >= 0.3 is 0 Å². The number of piperidine rings is 1. The van der Waals surface area contributed by atoms with Crippen LogP contribution in [0.5, 0.6) is 5.75 Å². The number of likely N-dealkylation sites (tertiary alicyclic amines) is 1. The van der Waals surface area contributed by atoms with E-state index < -0.39 is 0 Å². The molecule has 2 rings (SSSR count). The summed E-state index contributed by atoms with van der Waals surface area (Å²) in [4.78, 5) is 14.7. The maximum atomic E-state index is 12.4. The lowest BCUT2D eigenvalue weighted by Crippen LogP contribution is -2.45. The molecule has 1 atom stereocenters. The highest BCUT2D eigenvalue weighted by Gasteiger charge is 2.25. The van der Waals surface area contributed by atoms with Gasteiger partial charge in [0.2, 0.25) is 5.91 Å². The predicted molar refractivity (Wildman–Crippen MR) is 85.7 cm³/mol. The molecule has 1 amide bonds. The molecule has 4 nitrogen and oxygen atoms in total. The molecule has 1 aliphatic heterocycles. The SMILES string of the molecule is CCOc1ccccc1NC(=O)C(C)N1CCC(C)CC1. The minimum absolute atomic E-state index is 0.0386. The van der Waals surface area contributed by atoms with Crippen molar-refractivity contribution in [2.75, 3.05) is 25.0 Å². The zero-order chi connectivity index (χ0) is 15.2. The summed E-state index contributed by atoms with van der Waals surface area (Å²) in [5.74, 6) is 1.54. The average Bonchev–Trinajstić information content (AvgIpc) is 2.49. The van der Waals surface area contributed by atoms with E-state index in [1.54, 1.807) is 0 Å². The second-order valence-electron chi connectivity index (χ2n) is 5.81. The Balaban J connectivity index is 1.97. The van der Waals surface area contributed by atoms with Crippen LogP contribution in [0.25, 0.3) is 0 Å². The van der Waals surface area contributed by atoms with E-state index in [1.807, 2.05) is 38.1 Å². The Kier molecular flexibility index (Phi) is 5.62. The number of amides is 1. The number of carbonyl (C=O) groups is 1. The number of benzene rings is 1. The van der Waals surface area contributed by atoms with Crippen LogP contribution in [0.2, 0.25) is 0 Å². The van der Waals surface area contributed by atoms with E-state index >= 15 is 0 Å². The summed E-state index contributed by atoms with van der Waals surface area (Å²) in [7, 11) is 0. The lowest BCUT2D eigenvalue weighted by Gasteiger charge is -2.34. The van der Waals surface area contributed by atoms with E-state index in [0.717, 1.165) is 30.4 Å². The molecule has 1 aromatic carbocycles. The van der Waals surface area contributed by atoms with E-state index in [2.05, 4.69) is 17.1 Å². The minimum Gasteiger partial charge on any atom is -0.492 e. The Morgan fingerprint density at radius 2 is 2.05 bits per heavy atom. The van der Waals surface area contributed by atoms with Crippen LogP contribution in [-0.2, 0) is 4.79 Å². The van der Waals surface area contributed by atoms with Gasteiger partial charge in [-0.1, -0.05) is 19.1 Å². The van der Waals surface area contributed by atoms with Crippen LogP contribution in [0.1, 0.15) is 33.6 Å². The first-order valence-corrected chi connectivity index (χ1v) is 7.88. The largest absolute Gasteiger partial charge is 0.492 e. The molecule has 0 bridgehead atoms. The Hall–Kier alpha value is -1.55. The van der Waals surface area contributed by atoms with Gasteiger partial charge in [0.15, 0.2) is 0 Å². The second-order valence-corrected chi connectivity index (χ2v) is 5.81. The van der Waals surface area contributed by atoms with Gasteiger partial charge in [-0.25, -0.2) is 0 Å². The zero-order valence-corrected chi connectivity index (χ0v) is 13.3. The smallest absolute Gasteiger partial charge is 0.241 e. The van der Waals surface area contributed by atoms with Gasteiger partial charge in [-0.15, -0.1) is 0 Å². The fourth-order valence-corrected chi connectivity index (χ4v) is 2.67. The highest BCUT2D eigenvalue weighted by Crippen LogP contribution is 2.24. The third kappa shape index (κ3) is 4.21. The monoisotopic (exact) mass is 290 g/mol. The van der Waals surface area contributed by atoms with Crippen molar-refractivity contribution in [3.63, 3.8) is 0 Å². The summed E-state index contributed by atoms with van der Waals surface area (Å²) in [6.45, 7) is 8.79. The summed E-state index contributed by atoms with van der Waals surface area (Å²) >= 11 is 0. The van der Waals surface area contributed by atoms with Gasteiger partial charge in [0.25, 0.3) is 0 Å². The van der Waals surface area contributed by atoms with E-state index in [4.69, 9.17) is 4.74 Å². The summed E-state index contributed by atoms with van der Waals surface area (Å²) in [6.07, 6.45) is 2.35. The molecule has 0 aliphatic carbocycles. The molecule has 0 radical (unpaired) electrons. The van der Waals surface area contributed by atoms with Crippen LogP contribution >= 0.6 is 0 Å². The van der Waals surface area contributed by atoms with Gasteiger partial charge in [0.05, 0.1) is 18.3 Å². The van der Waals surface area contributed by atoms with Crippen LogP contribution in [0.4, 0.5) is 5.69 Å². The van der Waals surface area contributed by atoms with Crippen molar-refractivity contribution < 1.29 is 9.53 Å². The number of hydrogen-bond acceptors (Lipinski definition) is 3. The average molecular weight is 290 g/mol. The van der Waals surface area contributed by atoms with Gasteiger partial charge in [0.1, 0.15) is 5.75 Å². The molecule has 1 unspecified atom stereocenters. The molecule has 1 aliphatic rings. The second kappa shape index (κ2) is 7.46. The predicted octanol–water partition coefficient (Wildman–Crippen LogP) is 3.14. The summed E-state index contributed by atoms with van der Waals surface area (Å²) in [5.41, 5.74) is 0.751. The van der Waals surface area contributed by atoms with E-state index in [-0.39, 0.29) is 11.9 Å². The van der Waals surface area contributed by atoms with Crippen molar-refractivity contribution in [2.24, 2.45) is 5.92 Å². The normalized spacial score (nSPS) is 18.2. The van der Waals surface area contributed by atoms with Crippen LogP contribution in [-0.4, -0.2) is 36.5 Å². The van der Waals surface area contributed by atoms with Crippen molar-refractivity contribution in [3.8, 4) is 5.75 Å². The van der Waals surface area contributed by atoms with Crippen molar-refractivity contribution in [1.29, 1.82) is 0 Å². The third-order valence-electron chi connectivity index (χ3n) is 4.19. The lowest BCUT2D eigenvalue weighted by molar-refractivity contribution is -0.121. The van der Waals surface area contributed by atoms with Crippen LogP contribution in [0, 0.1) is 5.92 Å². The number of anilines is 1. The van der Waals surface area contributed by atoms with Crippen LogP contribution in [0.3, 0.4) is 0 Å². The number of ether oxygens (including phenoxy) is 1. The third-order valence-corrected chi connectivity index (χ3v) is 4.19. The van der Waals surface area contributed by atoms with Crippen LogP contribution < -0.4 is 10.1 Å². The van der Waals surface area contributed by atoms with E-state index in [0.29, 0.717) is 6.61 Å². The van der Waals surface area contributed by atoms with Crippen molar-refractivity contribution >= 4 is 11.6 Å². The fourth-order valence-electron chi connectivity index (χ4n) is 2.67. The molecule has 1 aromatic rings. The van der Waals surface area contributed by atoms with Crippen molar-refractivity contribution in [2.45, 2.75) is 39.7 Å². The molecule has 0 aromatic heterocycles. The Labute approximate surface area is 127 Å². The van der Waals surface area contributed by atoms with E-state index in [9.17, 15) is 4.79 Å².